The van der Waals surface area contributed by atoms with Crippen molar-refractivity contribution in [1.82, 2.24) is 10.0 Å². The van der Waals surface area contributed by atoms with E-state index in [1.54, 1.807) is 36.0 Å². The summed E-state index contributed by atoms with van der Waals surface area (Å²) in [5.74, 6) is 0.945. The van der Waals surface area contributed by atoms with Gasteiger partial charge in [0.15, 0.2) is 0 Å². The first-order chi connectivity index (χ1) is 16.4. The van der Waals surface area contributed by atoms with Gasteiger partial charge in [0.05, 0.1) is 4.90 Å². The molecule has 180 valence electrons. The highest BCUT2D eigenvalue weighted by Gasteiger charge is 2.25. The topological polar surface area (TPSA) is 84.5 Å². The molecule has 3 aromatic carbocycles. The summed E-state index contributed by atoms with van der Waals surface area (Å²) >= 11 is 1.56. The molecule has 0 aliphatic carbocycles. The lowest BCUT2D eigenvalue weighted by Crippen LogP contribution is -2.46. The summed E-state index contributed by atoms with van der Waals surface area (Å²) in [7, 11) is -3.83. The number of thioether (sulfide) groups is 1. The number of carbonyl (C=O) groups is 1. The molecule has 3 aromatic rings. The van der Waals surface area contributed by atoms with Crippen molar-refractivity contribution < 1.29 is 17.9 Å². The van der Waals surface area contributed by atoms with Crippen LogP contribution in [0.15, 0.2) is 83.8 Å². The molecule has 0 saturated carbocycles. The van der Waals surface area contributed by atoms with Crippen LogP contribution in [0.4, 0.5) is 0 Å². The molecule has 0 aliphatic rings. The van der Waals surface area contributed by atoms with Crippen molar-refractivity contribution in [1.29, 1.82) is 0 Å². The summed E-state index contributed by atoms with van der Waals surface area (Å²) in [4.78, 5) is 13.1. The van der Waals surface area contributed by atoms with E-state index in [4.69, 9.17) is 4.74 Å². The fourth-order valence-electron chi connectivity index (χ4n) is 3.28. The molecule has 8 heteroatoms. The quantitative estimate of drug-likeness (QED) is 0.389. The molecule has 6 nitrogen and oxygen atoms in total. The molecule has 1 atom stereocenters. The zero-order valence-electron chi connectivity index (χ0n) is 19.4. The SMILES string of the molecule is CSCCC(NS(=O)(=O)c1ccc(C)cc1)C(=O)NCc1ccccc1OCc1ccccc1. The van der Waals surface area contributed by atoms with Crippen molar-refractivity contribution >= 4 is 27.7 Å². The minimum Gasteiger partial charge on any atom is -0.489 e. The van der Waals surface area contributed by atoms with Crippen molar-refractivity contribution in [3.05, 3.63) is 95.6 Å². The van der Waals surface area contributed by atoms with Gasteiger partial charge < -0.3 is 10.1 Å². The molecule has 0 radical (unpaired) electrons. The van der Waals surface area contributed by atoms with Gasteiger partial charge >= 0.3 is 0 Å². The van der Waals surface area contributed by atoms with E-state index in [2.05, 4.69) is 10.0 Å². The summed E-state index contributed by atoms with van der Waals surface area (Å²) in [5, 5.41) is 2.87. The van der Waals surface area contributed by atoms with Crippen LogP contribution in [0.3, 0.4) is 0 Å². The van der Waals surface area contributed by atoms with Gasteiger partial charge in [-0.2, -0.15) is 16.5 Å². The first kappa shape index (κ1) is 25.8. The van der Waals surface area contributed by atoms with Crippen LogP contribution in [0.1, 0.15) is 23.1 Å². The van der Waals surface area contributed by atoms with Gasteiger partial charge in [0.25, 0.3) is 0 Å². The molecule has 1 unspecified atom stereocenters. The molecule has 0 spiro atoms. The number of benzene rings is 3. The smallest absolute Gasteiger partial charge is 0.241 e. The van der Waals surface area contributed by atoms with Crippen LogP contribution in [-0.2, 0) is 28.0 Å². The van der Waals surface area contributed by atoms with E-state index in [0.717, 1.165) is 16.7 Å². The molecular formula is C26H30N2O4S2. The zero-order chi connectivity index (χ0) is 24.4. The monoisotopic (exact) mass is 498 g/mol. The Morgan fingerprint density at radius 3 is 2.35 bits per heavy atom. The number of para-hydroxylation sites is 1. The Morgan fingerprint density at radius 1 is 0.971 bits per heavy atom. The van der Waals surface area contributed by atoms with E-state index in [1.807, 2.05) is 67.8 Å². The summed E-state index contributed by atoms with van der Waals surface area (Å²) in [6.07, 6.45) is 2.30. The second-order valence-electron chi connectivity index (χ2n) is 7.87. The van der Waals surface area contributed by atoms with Gasteiger partial charge in [0.2, 0.25) is 15.9 Å². The summed E-state index contributed by atoms with van der Waals surface area (Å²) < 4.78 is 34.2. The third kappa shape index (κ3) is 7.62. The summed E-state index contributed by atoms with van der Waals surface area (Å²) in [6, 6.07) is 23.0. The number of nitrogens with one attached hydrogen (secondary N) is 2. The molecule has 0 heterocycles. The van der Waals surface area contributed by atoms with Crippen LogP contribution in [-0.4, -0.2) is 32.4 Å². The second-order valence-corrected chi connectivity index (χ2v) is 10.6. The third-order valence-corrected chi connectivity index (χ3v) is 7.35. The normalized spacial score (nSPS) is 12.2. The number of hydrogen-bond acceptors (Lipinski definition) is 5. The fraction of sp³-hybridized carbons (Fsp3) is 0.269. The average molecular weight is 499 g/mol. The van der Waals surface area contributed by atoms with Gasteiger partial charge in [-0.05, 0) is 49.1 Å². The molecule has 0 fully saturated rings. The number of rotatable bonds is 12. The van der Waals surface area contributed by atoms with E-state index in [1.165, 1.54) is 0 Å². The Balaban J connectivity index is 1.66. The summed E-state index contributed by atoms with van der Waals surface area (Å²) in [5.41, 5.74) is 2.82. The van der Waals surface area contributed by atoms with Crippen LogP contribution >= 0.6 is 11.8 Å². The number of amides is 1. The van der Waals surface area contributed by atoms with E-state index in [-0.39, 0.29) is 17.3 Å². The molecule has 2 N–H and O–H groups in total. The van der Waals surface area contributed by atoms with Crippen molar-refractivity contribution in [3.63, 3.8) is 0 Å². The van der Waals surface area contributed by atoms with Gasteiger partial charge in [0, 0.05) is 12.1 Å². The lowest BCUT2D eigenvalue weighted by Gasteiger charge is -2.19. The largest absolute Gasteiger partial charge is 0.489 e. The first-order valence-electron chi connectivity index (χ1n) is 11.0. The van der Waals surface area contributed by atoms with Gasteiger partial charge in [-0.15, -0.1) is 0 Å². The Hall–Kier alpha value is -2.81. The standard InChI is InChI=1S/C26H30N2O4S2/c1-20-12-14-23(15-13-20)34(30,31)28-24(16-17-33-2)26(29)27-18-22-10-6-7-11-25(22)32-19-21-8-4-3-5-9-21/h3-15,24,28H,16-19H2,1-2H3,(H,27,29). The zero-order valence-corrected chi connectivity index (χ0v) is 21.0. The minimum atomic E-state index is -3.83. The van der Waals surface area contributed by atoms with Gasteiger partial charge in [0.1, 0.15) is 18.4 Å². The Labute approximate surface area is 206 Å². The molecule has 0 saturated heterocycles. The van der Waals surface area contributed by atoms with E-state index in [9.17, 15) is 13.2 Å². The van der Waals surface area contributed by atoms with Crippen LogP contribution in [0.25, 0.3) is 0 Å². The molecule has 1 amide bonds. The Kier molecular flexibility index (Phi) is 9.56. The molecule has 3 rings (SSSR count). The average Bonchev–Trinajstić information content (AvgIpc) is 2.85. The van der Waals surface area contributed by atoms with Crippen molar-refractivity contribution in [2.75, 3.05) is 12.0 Å². The van der Waals surface area contributed by atoms with Crippen LogP contribution in [0.2, 0.25) is 0 Å². The van der Waals surface area contributed by atoms with Gasteiger partial charge in [-0.3, -0.25) is 4.79 Å². The van der Waals surface area contributed by atoms with Crippen molar-refractivity contribution in [2.45, 2.75) is 37.4 Å². The second kappa shape index (κ2) is 12.6. The number of carbonyl (C=O) groups excluding carboxylic acids is 1. The van der Waals surface area contributed by atoms with Gasteiger partial charge in [-0.25, -0.2) is 8.42 Å². The third-order valence-electron chi connectivity index (χ3n) is 5.22. The van der Waals surface area contributed by atoms with E-state index < -0.39 is 16.1 Å². The molecular weight excluding hydrogens is 468 g/mol. The lowest BCUT2D eigenvalue weighted by molar-refractivity contribution is -0.122. The van der Waals surface area contributed by atoms with E-state index >= 15 is 0 Å². The van der Waals surface area contributed by atoms with Crippen LogP contribution in [0, 0.1) is 6.92 Å². The Bertz CT molecular complexity index is 1170. The maximum Gasteiger partial charge on any atom is 0.241 e. The molecule has 0 bridgehead atoms. The number of sulfonamides is 1. The van der Waals surface area contributed by atoms with Crippen LogP contribution < -0.4 is 14.8 Å². The van der Waals surface area contributed by atoms with Gasteiger partial charge in [-0.1, -0.05) is 66.2 Å². The predicted octanol–water partition coefficient (Wildman–Crippen LogP) is 4.29. The first-order valence-corrected chi connectivity index (χ1v) is 13.9. The lowest BCUT2D eigenvalue weighted by atomic mass is 10.1. The highest BCUT2D eigenvalue weighted by Crippen LogP contribution is 2.20. The molecule has 0 aliphatic heterocycles. The minimum absolute atomic E-state index is 0.139. The highest BCUT2D eigenvalue weighted by atomic mass is 32.2. The maximum atomic E-state index is 13.0. The number of ether oxygens (including phenoxy) is 1. The number of aryl methyl sites for hydroxylation is 1. The fourth-order valence-corrected chi connectivity index (χ4v) is 4.98. The molecule has 34 heavy (non-hydrogen) atoms. The van der Waals surface area contributed by atoms with E-state index in [0.29, 0.717) is 24.5 Å². The van der Waals surface area contributed by atoms with Crippen LogP contribution in [0.5, 0.6) is 5.75 Å². The van der Waals surface area contributed by atoms with Crippen molar-refractivity contribution in [3.8, 4) is 5.75 Å². The van der Waals surface area contributed by atoms with Crippen molar-refractivity contribution in [2.24, 2.45) is 0 Å². The predicted molar refractivity (Wildman–Crippen MR) is 137 cm³/mol. The molecule has 0 aromatic heterocycles. The Morgan fingerprint density at radius 2 is 1.65 bits per heavy atom. The highest BCUT2D eigenvalue weighted by molar-refractivity contribution is 7.98. The maximum absolute atomic E-state index is 13.0. The summed E-state index contributed by atoms with van der Waals surface area (Å²) in [6.45, 7) is 2.53. The number of hydrogen-bond donors (Lipinski definition) is 2.